The normalized spacial score (nSPS) is 22.2. The summed E-state index contributed by atoms with van der Waals surface area (Å²) in [6.45, 7) is 2.99. The predicted octanol–water partition coefficient (Wildman–Crippen LogP) is 4.34. The summed E-state index contributed by atoms with van der Waals surface area (Å²) in [6.07, 6.45) is 7.91. The lowest BCUT2D eigenvalue weighted by Gasteiger charge is -2.45. The number of fused-ring (bicyclic) bond motifs is 2. The molecular weight excluding hydrogens is 416 g/mol. The van der Waals surface area contributed by atoms with E-state index >= 15 is 0 Å². The summed E-state index contributed by atoms with van der Waals surface area (Å²) >= 11 is 6.30. The van der Waals surface area contributed by atoms with Crippen molar-refractivity contribution in [1.29, 1.82) is 0 Å². The summed E-state index contributed by atoms with van der Waals surface area (Å²) in [4.78, 5) is 23.2. The molecule has 0 heterocycles. The highest BCUT2D eigenvalue weighted by Crippen LogP contribution is 2.48. The van der Waals surface area contributed by atoms with Gasteiger partial charge >= 0.3 is 6.09 Å². The van der Waals surface area contributed by atoms with Crippen LogP contribution in [0.2, 0.25) is 5.02 Å². The average Bonchev–Trinajstić information content (AvgIpc) is 2.72. The van der Waals surface area contributed by atoms with Gasteiger partial charge in [0.15, 0.2) is 0 Å². The van der Waals surface area contributed by atoms with Crippen LogP contribution in [-0.2, 0) is 0 Å². The highest BCUT2D eigenvalue weighted by atomic mass is 35.5. The van der Waals surface area contributed by atoms with Crippen LogP contribution in [-0.4, -0.2) is 49.8 Å². The lowest BCUT2D eigenvalue weighted by molar-refractivity contribution is 0.0682. The van der Waals surface area contributed by atoms with Crippen LogP contribution in [0, 0.1) is 11.3 Å². The predicted molar refractivity (Wildman–Crippen MR) is 126 cm³/mol. The van der Waals surface area contributed by atoms with Gasteiger partial charge in [-0.3, -0.25) is 4.79 Å². The molecule has 0 spiro atoms. The number of carbonyl (C=O) groups excluding carboxylic acids is 1. The van der Waals surface area contributed by atoms with Crippen molar-refractivity contribution < 1.29 is 14.7 Å². The van der Waals surface area contributed by atoms with Crippen LogP contribution in [0.5, 0.6) is 0 Å². The van der Waals surface area contributed by atoms with Gasteiger partial charge < -0.3 is 26.4 Å². The molecule has 1 aromatic rings. The Morgan fingerprint density at radius 2 is 1.77 bits per heavy atom. The summed E-state index contributed by atoms with van der Waals surface area (Å²) in [5.41, 5.74) is 1.61. The molecule has 0 saturated heterocycles. The maximum Gasteiger partial charge on any atom is 0.404 e. The van der Waals surface area contributed by atoms with Crippen LogP contribution in [0.3, 0.4) is 0 Å². The molecule has 0 atom stereocenters. The quantitative estimate of drug-likeness (QED) is 0.340. The van der Waals surface area contributed by atoms with E-state index in [9.17, 15) is 9.59 Å². The number of amides is 2. The van der Waals surface area contributed by atoms with Gasteiger partial charge in [-0.25, -0.2) is 4.79 Å². The number of anilines is 1. The third kappa shape index (κ3) is 7.58. The Kier molecular flexibility index (Phi) is 9.91. The van der Waals surface area contributed by atoms with Crippen LogP contribution in [0.4, 0.5) is 10.5 Å². The first-order chi connectivity index (χ1) is 14.5. The first-order valence-electron chi connectivity index (χ1n) is 11.0. The van der Waals surface area contributed by atoms with Crippen molar-refractivity contribution in [2.75, 3.05) is 38.0 Å². The zero-order chi connectivity index (χ0) is 21.4. The van der Waals surface area contributed by atoms with Crippen molar-refractivity contribution in [2.45, 2.75) is 52.4 Å². The van der Waals surface area contributed by atoms with E-state index in [0.29, 0.717) is 36.8 Å². The third-order valence-electron chi connectivity index (χ3n) is 6.40. The number of benzene rings is 1. The van der Waals surface area contributed by atoms with Gasteiger partial charge in [0.2, 0.25) is 0 Å². The summed E-state index contributed by atoms with van der Waals surface area (Å²) < 4.78 is 0. The van der Waals surface area contributed by atoms with Gasteiger partial charge in [0, 0.05) is 38.4 Å². The molecule has 2 aliphatic rings. The molecule has 2 amide bonds. The number of halogens is 1. The smallest absolute Gasteiger partial charge is 0.404 e. The maximum atomic E-state index is 12.8. The first kappa shape index (κ1) is 25.3. The van der Waals surface area contributed by atoms with E-state index in [2.05, 4.69) is 21.3 Å². The molecule has 2 fully saturated rings. The molecule has 0 unspecified atom stereocenters. The van der Waals surface area contributed by atoms with Crippen LogP contribution in [0.15, 0.2) is 18.2 Å². The monoisotopic (exact) mass is 452 g/mol. The lowest BCUT2D eigenvalue weighted by atomic mass is 9.62. The second-order valence-corrected chi connectivity index (χ2v) is 9.05. The molecule has 7 nitrogen and oxygen atoms in total. The summed E-state index contributed by atoms with van der Waals surface area (Å²) in [5.74, 6) is 0.734. The number of rotatable bonds is 10. The minimum absolute atomic E-state index is 0. The molecule has 0 radical (unpaired) electrons. The molecule has 3 rings (SSSR count). The minimum atomic E-state index is -1.02. The highest BCUT2D eigenvalue weighted by Gasteiger charge is 2.39. The van der Waals surface area contributed by atoms with E-state index < -0.39 is 6.09 Å². The van der Waals surface area contributed by atoms with Gasteiger partial charge in [0.05, 0.1) is 10.6 Å². The molecule has 31 heavy (non-hydrogen) atoms. The Morgan fingerprint density at radius 3 is 2.48 bits per heavy atom. The van der Waals surface area contributed by atoms with Gasteiger partial charge in [0.25, 0.3) is 5.91 Å². The van der Waals surface area contributed by atoms with Crippen LogP contribution in [0.1, 0.15) is 62.7 Å². The third-order valence-corrected chi connectivity index (χ3v) is 6.73. The molecule has 1 aromatic carbocycles. The Hall–Kier alpha value is -1.99. The van der Waals surface area contributed by atoms with Crippen molar-refractivity contribution in [3.8, 4) is 0 Å². The van der Waals surface area contributed by atoms with Crippen molar-refractivity contribution in [2.24, 2.45) is 11.3 Å². The fourth-order valence-corrected chi connectivity index (χ4v) is 5.12. The van der Waals surface area contributed by atoms with Crippen molar-refractivity contribution in [3.63, 3.8) is 0 Å². The average molecular weight is 453 g/mol. The summed E-state index contributed by atoms with van der Waals surface area (Å²) in [6, 6.07) is 5.40. The van der Waals surface area contributed by atoms with E-state index in [1.54, 1.807) is 12.1 Å². The van der Waals surface area contributed by atoms with Crippen LogP contribution >= 0.6 is 11.6 Å². The number of carbonyl (C=O) groups is 2. The van der Waals surface area contributed by atoms with Crippen molar-refractivity contribution in [3.05, 3.63) is 28.8 Å². The Labute approximate surface area is 190 Å². The Balaban J connectivity index is 0.00000341. The van der Waals surface area contributed by atoms with E-state index in [-0.39, 0.29) is 18.7 Å². The Bertz CT molecular complexity index is 734. The zero-order valence-electron chi connectivity index (χ0n) is 17.4. The first-order valence-corrected chi connectivity index (χ1v) is 11.3. The Morgan fingerprint density at radius 1 is 1.06 bits per heavy atom. The number of hydrogen-bond donors (Lipinski definition) is 5. The summed E-state index contributed by atoms with van der Waals surface area (Å²) in [7, 11) is 0. The van der Waals surface area contributed by atoms with E-state index in [1.807, 2.05) is 6.07 Å². The van der Waals surface area contributed by atoms with E-state index in [4.69, 9.17) is 16.7 Å². The maximum absolute atomic E-state index is 12.8. The van der Waals surface area contributed by atoms with Gasteiger partial charge in [-0.1, -0.05) is 44.7 Å². The minimum Gasteiger partial charge on any atom is -0.465 e. The highest BCUT2D eigenvalue weighted by molar-refractivity contribution is 6.34. The largest absolute Gasteiger partial charge is 0.465 e. The molecule has 2 saturated carbocycles. The fourth-order valence-electron chi connectivity index (χ4n) is 4.92. The fraction of sp³-hybridized carbons (Fsp3) is 0.652. The molecule has 5 N–H and O–H groups in total. The second kappa shape index (κ2) is 12.2. The van der Waals surface area contributed by atoms with Crippen LogP contribution in [0.25, 0.3) is 0 Å². The molecule has 0 aliphatic heterocycles. The van der Waals surface area contributed by atoms with Crippen molar-refractivity contribution >= 4 is 29.3 Å². The van der Waals surface area contributed by atoms with Gasteiger partial charge in [-0.15, -0.1) is 0 Å². The topological polar surface area (TPSA) is 102 Å². The van der Waals surface area contributed by atoms with Gasteiger partial charge in [-0.2, -0.15) is 0 Å². The van der Waals surface area contributed by atoms with E-state index in [0.717, 1.165) is 18.2 Å². The standard InChI is InChI=1S/C22H33ClN4O3.CH4/c23-19-6-5-17(25-11-9-24-10-12-26-21(29)30)13-18(19)20(28)27-15-22-7-1-3-16(14-22)4-2-8-22;/h5-6,13,16,24-26H,1-4,7-12,14-15H2,(H,27,28)(H,29,30);1H4. The van der Waals surface area contributed by atoms with Gasteiger partial charge in [-0.05, 0) is 48.8 Å². The number of carboxylic acid groups (broad SMARTS) is 1. The van der Waals surface area contributed by atoms with Crippen LogP contribution < -0.4 is 21.3 Å². The zero-order valence-corrected chi connectivity index (χ0v) is 18.2. The van der Waals surface area contributed by atoms with Crippen molar-refractivity contribution in [1.82, 2.24) is 16.0 Å². The van der Waals surface area contributed by atoms with Gasteiger partial charge in [0.1, 0.15) is 0 Å². The molecule has 0 aromatic heterocycles. The van der Waals surface area contributed by atoms with E-state index in [1.165, 1.54) is 44.9 Å². The molecular formula is C23H37ClN4O3. The molecule has 8 heteroatoms. The lowest BCUT2D eigenvalue weighted by Crippen LogP contribution is -2.43. The second-order valence-electron chi connectivity index (χ2n) is 8.64. The number of nitrogens with one attached hydrogen (secondary N) is 4. The molecule has 2 bridgehead atoms. The molecule has 2 aliphatic carbocycles. The summed E-state index contributed by atoms with van der Waals surface area (Å²) in [5, 5.41) is 20.9. The number of hydrogen-bond acceptors (Lipinski definition) is 4. The SMILES string of the molecule is C.O=C(O)NCCNCCNc1ccc(Cl)c(C(=O)NCC23CCCC(CCC2)C3)c1. The molecule has 174 valence electrons.